The lowest BCUT2D eigenvalue weighted by atomic mass is 9.55. The standard InChI is InChI=1S/C28H37N3O4/c1-23(2)10-12-34-21-18(35-23)8-7-17-20(21)29-15-26(17)14-27-16-31-11-9-25(5,33)28(31,22(32)30(27)6)13-19(27)24(26,3)4/h7-8,10,12,19,29,33H,9,11,13-16H2,1-6H3/t19?,25-,26+,27-,28+/m1/s1. The Morgan fingerprint density at radius 2 is 1.94 bits per heavy atom. The molecule has 1 aliphatic carbocycles. The molecule has 6 heterocycles. The second-order valence-corrected chi connectivity index (χ2v) is 13.3. The number of aliphatic hydroxyl groups is 1. The van der Waals surface area contributed by atoms with Gasteiger partial charge in [0.15, 0.2) is 11.5 Å². The van der Waals surface area contributed by atoms with Crippen molar-refractivity contribution in [2.45, 2.75) is 81.6 Å². The first-order chi connectivity index (χ1) is 16.3. The minimum atomic E-state index is -1.01. The third kappa shape index (κ3) is 2.21. The van der Waals surface area contributed by atoms with Gasteiger partial charge in [-0.25, -0.2) is 0 Å². The predicted molar refractivity (Wildman–Crippen MR) is 133 cm³/mol. The van der Waals surface area contributed by atoms with Crippen LogP contribution in [0.3, 0.4) is 0 Å². The highest BCUT2D eigenvalue weighted by molar-refractivity contribution is 5.92. The molecule has 1 aromatic rings. The zero-order valence-corrected chi connectivity index (χ0v) is 21.7. The van der Waals surface area contributed by atoms with Crippen molar-refractivity contribution in [2.75, 3.05) is 32.0 Å². The van der Waals surface area contributed by atoms with Gasteiger partial charge in [0.2, 0.25) is 5.91 Å². The van der Waals surface area contributed by atoms with E-state index in [4.69, 9.17) is 9.47 Å². The third-order valence-electron chi connectivity index (χ3n) is 11.2. The van der Waals surface area contributed by atoms with Crippen molar-refractivity contribution in [1.29, 1.82) is 0 Å². The predicted octanol–water partition coefficient (Wildman–Crippen LogP) is 3.27. The normalized spacial score (nSPS) is 43.7. The number of carbonyl (C=O) groups excluding carboxylic acids is 1. The molecule has 1 unspecified atom stereocenters. The van der Waals surface area contributed by atoms with Gasteiger partial charge in [-0.1, -0.05) is 19.9 Å². The number of amides is 1. The van der Waals surface area contributed by atoms with Gasteiger partial charge in [0, 0.05) is 32.1 Å². The van der Waals surface area contributed by atoms with Crippen molar-refractivity contribution in [1.82, 2.24) is 9.80 Å². The number of carbonyl (C=O) groups is 1. The Bertz CT molecular complexity index is 1200. The molecule has 1 saturated carbocycles. The molecule has 7 aliphatic rings. The average molecular weight is 480 g/mol. The SMILES string of the molecule is CN1C(=O)[C@]23CC4C(C)(C)[C@]5(CNc6c5ccc5c6OC=CC(C)(C)O5)C[C@@]41CN2CC[C@@]3(C)O. The second kappa shape index (κ2) is 6.00. The van der Waals surface area contributed by atoms with Crippen LogP contribution in [0, 0.1) is 11.3 Å². The average Bonchev–Trinajstić information content (AvgIpc) is 3.29. The number of nitrogens with one attached hydrogen (secondary N) is 1. The van der Waals surface area contributed by atoms with Crippen molar-refractivity contribution in [3.8, 4) is 11.5 Å². The molecule has 1 amide bonds. The summed E-state index contributed by atoms with van der Waals surface area (Å²) >= 11 is 0. The zero-order chi connectivity index (χ0) is 24.8. The fourth-order valence-corrected chi connectivity index (χ4v) is 9.15. The molecule has 3 spiro atoms. The summed E-state index contributed by atoms with van der Waals surface area (Å²) < 4.78 is 12.4. The van der Waals surface area contributed by atoms with Gasteiger partial charge in [-0.2, -0.15) is 0 Å². The van der Waals surface area contributed by atoms with Crippen molar-refractivity contribution < 1.29 is 19.4 Å². The number of benzene rings is 1. The largest absolute Gasteiger partial charge is 0.480 e. The Morgan fingerprint density at radius 1 is 1.17 bits per heavy atom. The van der Waals surface area contributed by atoms with Gasteiger partial charge in [-0.05, 0) is 69.1 Å². The van der Waals surface area contributed by atoms with Crippen molar-refractivity contribution >= 4 is 11.6 Å². The molecule has 2 bridgehead atoms. The van der Waals surface area contributed by atoms with E-state index in [1.165, 1.54) is 5.56 Å². The van der Waals surface area contributed by atoms with Crippen LogP contribution >= 0.6 is 0 Å². The number of anilines is 1. The highest BCUT2D eigenvalue weighted by Gasteiger charge is 2.80. The van der Waals surface area contributed by atoms with Gasteiger partial charge < -0.3 is 24.8 Å². The van der Waals surface area contributed by atoms with Gasteiger partial charge in [0.25, 0.3) is 0 Å². The first-order valence-corrected chi connectivity index (χ1v) is 13.0. The number of hydrogen-bond acceptors (Lipinski definition) is 6. The number of piperazine rings is 1. The van der Waals surface area contributed by atoms with E-state index in [2.05, 4.69) is 36.2 Å². The number of nitrogens with zero attached hydrogens (tertiary/aromatic N) is 2. The van der Waals surface area contributed by atoms with Gasteiger partial charge >= 0.3 is 0 Å². The lowest BCUT2D eigenvalue weighted by molar-refractivity contribution is -0.206. The highest BCUT2D eigenvalue weighted by Crippen LogP contribution is 2.72. The molecule has 188 valence electrons. The topological polar surface area (TPSA) is 74.3 Å². The summed E-state index contributed by atoms with van der Waals surface area (Å²) in [6.07, 6.45) is 5.94. The van der Waals surface area contributed by atoms with Crippen molar-refractivity contribution in [3.05, 3.63) is 30.0 Å². The lowest BCUT2D eigenvalue weighted by Crippen LogP contribution is -2.82. The monoisotopic (exact) mass is 479 g/mol. The molecular formula is C28H37N3O4. The Labute approximate surface area is 207 Å². The molecule has 7 nitrogen and oxygen atoms in total. The number of ether oxygens (including phenoxy) is 2. The van der Waals surface area contributed by atoms with E-state index in [1.54, 1.807) is 6.26 Å². The molecule has 2 N–H and O–H groups in total. The molecule has 4 saturated heterocycles. The zero-order valence-electron chi connectivity index (χ0n) is 21.7. The maximum Gasteiger partial charge on any atom is 0.246 e. The quantitative estimate of drug-likeness (QED) is 0.595. The Balaban J connectivity index is 1.38. The number of likely N-dealkylation sites (N-methyl/N-ethyl adjacent to an activating group) is 1. The van der Waals surface area contributed by atoms with Crippen LogP contribution in [0.4, 0.5) is 5.69 Å². The van der Waals surface area contributed by atoms with E-state index in [-0.39, 0.29) is 28.2 Å². The summed E-state index contributed by atoms with van der Waals surface area (Å²) in [7, 11) is 1.99. The van der Waals surface area contributed by atoms with Crippen molar-refractivity contribution in [2.24, 2.45) is 11.3 Å². The first-order valence-electron chi connectivity index (χ1n) is 13.0. The fourth-order valence-electron chi connectivity index (χ4n) is 9.15. The van der Waals surface area contributed by atoms with Crippen LogP contribution in [0.1, 0.15) is 59.4 Å². The maximum absolute atomic E-state index is 14.0. The van der Waals surface area contributed by atoms with Crippen LogP contribution in [0.5, 0.6) is 11.5 Å². The summed E-state index contributed by atoms with van der Waals surface area (Å²) in [6.45, 7) is 13.1. The number of piperidine rings is 2. The molecule has 5 atom stereocenters. The van der Waals surface area contributed by atoms with Gasteiger partial charge in [-0.3, -0.25) is 9.69 Å². The first kappa shape index (κ1) is 22.0. The van der Waals surface area contributed by atoms with Gasteiger partial charge in [0.1, 0.15) is 11.1 Å². The van der Waals surface area contributed by atoms with Gasteiger partial charge in [-0.15, -0.1) is 0 Å². The van der Waals surface area contributed by atoms with Crippen LogP contribution in [0.25, 0.3) is 0 Å². The summed E-state index contributed by atoms with van der Waals surface area (Å²) in [5.41, 5.74) is -0.511. The third-order valence-corrected chi connectivity index (χ3v) is 11.2. The molecule has 5 fully saturated rings. The highest BCUT2D eigenvalue weighted by atomic mass is 16.5. The van der Waals surface area contributed by atoms with E-state index in [9.17, 15) is 9.90 Å². The Kier molecular flexibility index (Phi) is 3.77. The Morgan fingerprint density at radius 3 is 2.71 bits per heavy atom. The summed E-state index contributed by atoms with van der Waals surface area (Å²) in [4.78, 5) is 18.3. The van der Waals surface area contributed by atoms with E-state index in [1.807, 2.05) is 38.8 Å². The number of rotatable bonds is 0. The van der Waals surface area contributed by atoms with Crippen LogP contribution in [0.2, 0.25) is 0 Å². The van der Waals surface area contributed by atoms with E-state index < -0.39 is 16.7 Å². The van der Waals surface area contributed by atoms with Crippen LogP contribution in [-0.4, -0.2) is 69.8 Å². The van der Waals surface area contributed by atoms with E-state index >= 15 is 0 Å². The molecule has 35 heavy (non-hydrogen) atoms. The molecule has 0 radical (unpaired) electrons. The second-order valence-electron chi connectivity index (χ2n) is 13.3. The lowest BCUT2D eigenvalue weighted by Gasteiger charge is -2.65. The van der Waals surface area contributed by atoms with E-state index in [0.29, 0.717) is 12.8 Å². The smallest absolute Gasteiger partial charge is 0.246 e. The maximum atomic E-state index is 14.0. The molecule has 0 aromatic heterocycles. The van der Waals surface area contributed by atoms with Crippen LogP contribution < -0.4 is 14.8 Å². The number of hydrogen-bond donors (Lipinski definition) is 2. The molecular weight excluding hydrogens is 442 g/mol. The minimum Gasteiger partial charge on any atom is -0.480 e. The molecule has 8 rings (SSSR count). The van der Waals surface area contributed by atoms with Crippen LogP contribution in [-0.2, 0) is 10.2 Å². The molecule has 7 heteroatoms. The van der Waals surface area contributed by atoms with E-state index in [0.717, 1.165) is 43.2 Å². The summed E-state index contributed by atoms with van der Waals surface area (Å²) in [5, 5.41) is 15.2. The molecule has 1 aromatic carbocycles. The Hall–Kier alpha value is -2.25. The fraction of sp³-hybridized carbons (Fsp3) is 0.679. The van der Waals surface area contributed by atoms with Crippen molar-refractivity contribution in [3.63, 3.8) is 0 Å². The minimum absolute atomic E-state index is 0.104. The summed E-state index contributed by atoms with van der Waals surface area (Å²) in [5.74, 6) is 1.88. The number of fused-ring (bicyclic) bond motifs is 5. The summed E-state index contributed by atoms with van der Waals surface area (Å²) in [6, 6.07) is 4.28. The van der Waals surface area contributed by atoms with Gasteiger partial charge in [0.05, 0.1) is 23.1 Å². The molecule has 6 aliphatic heterocycles. The van der Waals surface area contributed by atoms with Crippen LogP contribution in [0.15, 0.2) is 24.5 Å².